The second-order valence-corrected chi connectivity index (χ2v) is 6.92. The van der Waals surface area contributed by atoms with Crippen molar-refractivity contribution in [2.75, 3.05) is 20.2 Å². The Kier molecular flexibility index (Phi) is 4.19. The van der Waals surface area contributed by atoms with Gasteiger partial charge in [0, 0.05) is 30.3 Å². The summed E-state index contributed by atoms with van der Waals surface area (Å²) < 4.78 is 11.3. The van der Waals surface area contributed by atoms with Gasteiger partial charge in [-0.2, -0.15) is 0 Å². The Morgan fingerprint density at radius 1 is 1.33 bits per heavy atom. The number of carbonyl (C=O) groups excluding carboxylic acids is 1. The fraction of sp³-hybridized carbons (Fsp3) is 0.526. The van der Waals surface area contributed by atoms with E-state index in [4.69, 9.17) is 9.15 Å². The number of ether oxygens (including phenoxy) is 1. The highest BCUT2D eigenvalue weighted by Gasteiger charge is 2.34. The number of likely N-dealkylation sites (tertiary alicyclic amines) is 1. The molecule has 4 rings (SSSR count). The zero-order valence-corrected chi connectivity index (χ0v) is 14.1. The van der Waals surface area contributed by atoms with E-state index in [1.54, 1.807) is 7.11 Å². The maximum Gasteiger partial charge on any atom is 0.220 e. The predicted molar refractivity (Wildman–Crippen MR) is 91.9 cm³/mol. The lowest BCUT2D eigenvalue weighted by molar-refractivity contribution is -0.119. The van der Waals surface area contributed by atoms with Crippen LogP contribution in [-0.2, 0) is 11.3 Å². The summed E-state index contributed by atoms with van der Waals surface area (Å²) in [5.41, 5.74) is 0.900. The first kappa shape index (κ1) is 15.5. The van der Waals surface area contributed by atoms with Gasteiger partial charge >= 0.3 is 0 Å². The Labute approximate surface area is 141 Å². The summed E-state index contributed by atoms with van der Waals surface area (Å²) in [6.07, 6.45) is 4.31. The molecule has 1 aromatic carbocycles. The number of hydrogen-bond donors (Lipinski definition) is 1. The number of furan rings is 1. The highest BCUT2D eigenvalue weighted by molar-refractivity contribution is 5.79. The van der Waals surface area contributed by atoms with Crippen LogP contribution in [0.1, 0.15) is 31.4 Å². The minimum Gasteiger partial charge on any atom is -0.497 e. The van der Waals surface area contributed by atoms with Gasteiger partial charge in [-0.3, -0.25) is 9.69 Å². The van der Waals surface area contributed by atoms with E-state index in [-0.39, 0.29) is 5.91 Å². The lowest BCUT2D eigenvalue weighted by Gasteiger charge is -2.38. The van der Waals surface area contributed by atoms with Gasteiger partial charge < -0.3 is 14.5 Å². The largest absolute Gasteiger partial charge is 0.497 e. The topological polar surface area (TPSA) is 54.7 Å². The SMILES string of the molecule is COc1ccc2oc(CN3CCCC[C@H]3[C@@H]3CNC(=O)C3)cc2c1. The van der Waals surface area contributed by atoms with Crippen molar-refractivity contribution in [1.82, 2.24) is 10.2 Å². The molecule has 24 heavy (non-hydrogen) atoms. The minimum atomic E-state index is 0.196. The lowest BCUT2D eigenvalue weighted by atomic mass is 9.89. The number of fused-ring (bicyclic) bond motifs is 1. The van der Waals surface area contributed by atoms with Crippen LogP contribution in [-0.4, -0.2) is 37.0 Å². The van der Waals surface area contributed by atoms with Crippen LogP contribution in [0, 0.1) is 5.92 Å². The fourth-order valence-electron chi connectivity index (χ4n) is 4.13. The van der Waals surface area contributed by atoms with E-state index in [9.17, 15) is 4.79 Å². The Morgan fingerprint density at radius 3 is 3.04 bits per heavy atom. The van der Waals surface area contributed by atoms with Crippen molar-refractivity contribution in [3.05, 3.63) is 30.0 Å². The average Bonchev–Trinajstić information content (AvgIpc) is 3.20. The van der Waals surface area contributed by atoms with Crippen LogP contribution >= 0.6 is 0 Å². The van der Waals surface area contributed by atoms with Crippen LogP contribution in [0.4, 0.5) is 0 Å². The van der Waals surface area contributed by atoms with Gasteiger partial charge in [-0.1, -0.05) is 6.42 Å². The molecule has 2 fully saturated rings. The van der Waals surface area contributed by atoms with Crippen LogP contribution in [0.25, 0.3) is 11.0 Å². The smallest absolute Gasteiger partial charge is 0.220 e. The number of rotatable bonds is 4. The number of methoxy groups -OCH3 is 1. The molecule has 2 aromatic rings. The third-order valence-corrected chi connectivity index (χ3v) is 5.35. The summed E-state index contributed by atoms with van der Waals surface area (Å²) in [7, 11) is 1.68. The monoisotopic (exact) mass is 328 g/mol. The molecule has 128 valence electrons. The number of piperidine rings is 1. The molecule has 2 aliphatic heterocycles. The highest BCUT2D eigenvalue weighted by Crippen LogP contribution is 2.30. The molecule has 2 aliphatic rings. The molecule has 0 radical (unpaired) electrons. The molecule has 2 saturated heterocycles. The molecule has 1 amide bonds. The summed E-state index contributed by atoms with van der Waals surface area (Å²) in [4.78, 5) is 14.1. The fourth-order valence-corrected chi connectivity index (χ4v) is 4.13. The summed E-state index contributed by atoms with van der Waals surface area (Å²) >= 11 is 0. The first-order valence-corrected chi connectivity index (χ1v) is 8.80. The van der Waals surface area contributed by atoms with Crippen molar-refractivity contribution in [3.8, 4) is 5.75 Å². The average molecular weight is 328 g/mol. The van der Waals surface area contributed by atoms with E-state index < -0.39 is 0 Å². The maximum absolute atomic E-state index is 11.6. The molecule has 0 spiro atoms. The van der Waals surface area contributed by atoms with Crippen molar-refractivity contribution in [1.29, 1.82) is 0 Å². The molecule has 0 saturated carbocycles. The van der Waals surface area contributed by atoms with Crippen LogP contribution in [0.15, 0.2) is 28.7 Å². The van der Waals surface area contributed by atoms with Crippen molar-refractivity contribution in [3.63, 3.8) is 0 Å². The summed E-state index contributed by atoms with van der Waals surface area (Å²) in [6.45, 7) is 2.71. The molecule has 5 heteroatoms. The number of benzene rings is 1. The van der Waals surface area contributed by atoms with Gasteiger partial charge in [-0.05, 0) is 43.7 Å². The van der Waals surface area contributed by atoms with Crippen molar-refractivity contribution in [2.24, 2.45) is 5.92 Å². The molecule has 5 nitrogen and oxygen atoms in total. The van der Waals surface area contributed by atoms with Crippen LogP contribution in [0.2, 0.25) is 0 Å². The van der Waals surface area contributed by atoms with Crippen LogP contribution in [0.5, 0.6) is 5.75 Å². The molecule has 0 bridgehead atoms. The number of nitrogens with zero attached hydrogens (tertiary/aromatic N) is 1. The number of hydrogen-bond acceptors (Lipinski definition) is 4. The minimum absolute atomic E-state index is 0.196. The van der Waals surface area contributed by atoms with E-state index in [1.165, 1.54) is 19.3 Å². The van der Waals surface area contributed by atoms with E-state index in [0.717, 1.165) is 42.1 Å². The molecule has 1 aromatic heterocycles. The van der Waals surface area contributed by atoms with Crippen LogP contribution in [0.3, 0.4) is 0 Å². The molecule has 0 unspecified atom stereocenters. The van der Waals surface area contributed by atoms with Gasteiger partial charge in [0.25, 0.3) is 0 Å². The van der Waals surface area contributed by atoms with Crippen molar-refractivity contribution < 1.29 is 13.9 Å². The zero-order valence-electron chi connectivity index (χ0n) is 14.1. The van der Waals surface area contributed by atoms with Crippen molar-refractivity contribution in [2.45, 2.75) is 38.3 Å². The molecular weight excluding hydrogens is 304 g/mol. The van der Waals surface area contributed by atoms with Gasteiger partial charge in [-0.15, -0.1) is 0 Å². The Morgan fingerprint density at radius 2 is 2.25 bits per heavy atom. The van der Waals surface area contributed by atoms with Crippen molar-refractivity contribution >= 4 is 16.9 Å². The molecule has 3 heterocycles. The van der Waals surface area contributed by atoms with Gasteiger partial charge in [0.2, 0.25) is 5.91 Å². The Hall–Kier alpha value is -2.01. The van der Waals surface area contributed by atoms with E-state index in [1.807, 2.05) is 18.2 Å². The third-order valence-electron chi connectivity index (χ3n) is 5.35. The second-order valence-electron chi connectivity index (χ2n) is 6.92. The summed E-state index contributed by atoms with van der Waals surface area (Å²) in [6, 6.07) is 8.48. The van der Waals surface area contributed by atoms with Gasteiger partial charge in [0.15, 0.2) is 0 Å². The Balaban J connectivity index is 1.52. The molecular formula is C19H24N2O3. The lowest BCUT2D eigenvalue weighted by Crippen LogP contribution is -2.44. The highest BCUT2D eigenvalue weighted by atomic mass is 16.5. The van der Waals surface area contributed by atoms with Gasteiger partial charge in [0.1, 0.15) is 17.1 Å². The van der Waals surface area contributed by atoms with Gasteiger partial charge in [0.05, 0.1) is 13.7 Å². The summed E-state index contributed by atoms with van der Waals surface area (Å²) in [5, 5.41) is 4.06. The quantitative estimate of drug-likeness (QED) is 0.937. The normalized spacial score (nSPS) is 25.1. The van der Waals surface area contributed by atoms with Crippen LogP contribution < -0.4 is 10.1 Å². The number of amides is 1. The number of carbonyl (C=O) groups is 1. The zero-order chi connectivity index (χ0) is 16.5. The third kappa shape index (κ3) is 3.00. The number of nitrogens with one attached hydrogen (secondary N) is 1. The second kappa shape index (κ2) is 6.48. The molecule has 1 N–H and O–H groups in total. The standard InChI is InChI=1S/C19H24N2O3/c1-23-15-5-6-18-13(8-15)9-16(24-18)12-21-7-3-2-4-17(21)14-10-19(22)20-11-14/h5-6,8-9,14,17H,2-4,7,10-12H2,1H3,(H,20,22)/t14-,17-/m0/s1. The predicted octanol–water partition coefficient (Wildman–Crippen LogP) is 2.93. The molecule has 0 aliphatic carbocycles. The van der Waals surface area contributed by atoms with E-state index in [2.05, 4.69) is 16.3 Å². The molecule has 2 atom stereocenters. The Bertz CT molecular complexity index is 739. The van der Waals surface area contributed by atoms with Gasteiger partial charge in [-0.25, -0.2) is 0 Å². The first-order valence-electron chi connectivity index (χ1n) is 8.80. The first-order chi connectivity index (χ1) is 11.7. The van der Waals surface area contributed by atoms with E-state index in [0.29, 0.717) is 18.4 Å². The maximum atomic E-state index is 11.6. The van der Waals surface area contributed by atoms with E-state index >= 15 is 0 Å². The summed E-state index contributed by atoms with van der Waals surface area (Å²) in [5.74, 6) is 2.47.